The molecule has 0 bridgehead atoms. The fourth-order valence-electron chi connectivity index (χ4n) is 2.85. The number of hydrogen-bond acceptors (Lipinski definition) is 6. The van der Waals surface area contributed by atoms with Crippen molar-refractivity contribution >= 4 is 0 Å². The van der Waals surface area contributed by atoms with E-state index in [-0.39, 0.29) is 18.3 Å². The van der Waals surface area contributed by atoms with Crippen LogP contribution in [0.1, 0.15) is 59.3 Å². The molecule has 0 aromatic carbocycles. The van der Waals surface area contributed by atoms with Gasteiger partial charge in [0.05, 0.1) is 6.61 Å². The average Bonchev–Trinajstić information content (AvgIpc) is 2.60. The van der Waals surface area contributed by atoms with Gasteiger partial charge in [-0.25, -0.2) is 0 Å². The van der Waals surface area contributed by atoms with Gasteiger partial charge in [-0.2, -0.15) is 0 Å². The Morgan fingerprint density at radius 3 is 1.72 bits per heavy atom. The van der Waals surface area contributed by atoms with Gasteiger partial charge in [0.15, 0.2) is 6.29 Å². The van der Waals surface area contributed by atoms with Crippen LogP contribution in [0.5, 0.6) is 0 Å². The maximum atomic E-state index is 10.4. The number of aliphatic hydroxyl groups excluding tert-OH is 1. The first-order valence-electron chi connectivity index (χ1n) is 9.86. The SMILES string of the molecule is CCCCOC1C(OCCCC)[C@@H](O)OC(COC)[C@@H]1OCCCC. The Hall–Kier alpha value is -0.240. The topological polar surface area (TPSA) is 66.4 Å². The second-order valence-electron chi connectivity index (χ2n) is 6.59. The van der Waals surface area contributed by atoms with Gasteiger partial charge in [0.1, 0.15) is 24.4 Å². The monoisotopic (exact) mass is 362 g/mol. The molecular formula is C19H38O6. The van der Waals surface area contributed by atoms with Gasteiger partial charge >= 0.3 is 0 Å². The molecule has 0 aromatic heterocycles. The minimum absolute atomic E-state index is 0.307. The summed E-state index contributed by atoms with van der Waals surface area (Å²) in [6, 6.07) is 0. The zero-order valence-electron chi connectivity index (χ0n) is 16.4. The Balaban J connectivity index is 2.84. The molecule has 0 aromatic rings. The quantitative estimate of drug-likeness (QED) is 0.479. The van der Waals surface area contributed by atoms with E-state index in [4.69, 9.17) is 23.7 Å². The Morgan fingerprint density at radius 1 is 0.760 bits per heavy atom. The smallest absolute Gasteiger partial charge is 0.184 e. The largest absolute Gasteiger partial charge is 0.382 e. The van der Waals surface area contributed by atoms with Crippen LogP contribution in [0.25, 0.3) is 0 Å². The van der Waals surface area contributed by atoms with Gasteiger partial charge in [-0.3, -0.25) is 0 Å². The molecule has 0 amide bonds. The van der Waals surface area contributed by atoms with Crippen LogP contribution >= 0.6 is 0 Å². The number of unbranched alkanes of at least 4 members (excludes halogenated alkanes) is 3. The summed E-state index contributed by atoms with van der Waals surface area (Å²) in [4.78, 5) is 0. The zero-order valence-corrected chi connectivity index (χ0v) is 16.4. The predicted octanol–water partition coefficient (Wildman–Crippen LogP) is 2.91. The maximum Gasteiger partial charge on any atom is 0.184 e. The van der Waals surface area contributed by atoms with Crippen molar-refractivity contribution < 1.29 is 28.8 Å². The highest BCUT2D eigenvalue weighted by molar-refractivity contribution is 4.92. The van der Waals surface area contributed by atoms with E-state index in [1.807, 2.05) is 0 Å². The Labute approximate surface area is 153 Å². The lowest BCUT2D eigenvalue weighted by Crippen LogP contribution is -2.61. The Kier molecular flexibility index (Phi) is 12.7. The van der Waals surface area contributed by atoms with Crippen molar-refractivity contribution in [3.05, 3.63) is 0 Å². The fourth-order valence-corrected chi connectivity index (χ4v) is 2.85. The molecule has 1 aliphatic rings. The zero-order chi connectivity index (χ0) is 18.5. The third-order valence-electron chi connectivity index (χ3n) is 4.36. The minimum atomic E-state index is -1.03. The first-order valence-corrected chi connectivity index (χ1v) is 9.86. The summed E-state index contributed by atoms with van der Waals surface area (Å²) in [5.41, 5.74) is 0. The number of hydrogen-bond donors (Lipinski definition) is 1. The highest BCUT2D eigenvalue weighted by Crippen LogP contribution is 2.28. The summed E-state index contributed by atoms with van der Waals surface area (Å²) in [7, 11) is 1.62. The number of ether oxygens (including phenoxy) is 5. The van der Waals surface area contributed by atoms with Gasteiger partial charge in [0, 0.05) is 26.9 Å². The van der Waals surface area contributed by atoms with E-state index in [1.54, 1.807) is 7.11 Å². The third kappa shape index (κ3) is 7.89. The van der Waals surface area contributed by atoms with Crippen LogP contribution in [-0.4, -0.2) is 69.3 Å². The van der Waals surface area contributed by atoms with Crippen LogP contribution < -0.4 is 0 Å². The van der Waals surface area contributed by atoms with Crippen molar-refractivity contribution in [3.8, 4) is 0 Å². The van der Waals surface area contributed by atoms with Crippen molar-refractivity contribution in [3.63, 3.8) is 0 Å². The lowest BCUT2D eigenvalue weighted by atomic mass is 9.98. The van der Waals surface area contributed by atoms with E-state index in [2.05, 4.69) is 20.8 Å². The first-order chi connectivity index (χ1) is 12.2. The molecule has 1 N–H and O–H groups in total. The van der Waals surface area contributed by atoms with E-state index in [0.717, 1.165) is 38.5 Å². The molecule has 1 rings (SSSR count). The molecule has 6 heteroatoms. The van der Waals surface area contributed by atoms with Crippen LogP contribution in [0.4, 0.5) is 0 Å². The predicted molar refractivity (Wildman–Crippen MR) is 96.7 cm³/mol. The molecule has 1 heterocycles. The third-order valence-corrected chi connectivity index (χ3v) is 4.36. The second kappa shape index (κ2) is 13.9. The molecule has 0 saturated carbocycles. The Morgan fingerprint density at radius 2 is 1.24 bits per heavy atom. The summed E-state index contributed by atoms with van der Waals surface area (Å²) in [6.45, 7) is 8.54. The van der Waals surface area contributed by atoms with Crippen molar-refractivity contribution in [2.45, 2.75) is 90.0 Å². The van der Waals surface area contributed by atoms with Crippen molar-refractivity contribution in [2.24, 2.45) is 0 Å². The number of aliphatic hydroxyl groups is 1. The molecule has 1 saturated heterocycles. The van der Waals surface area contributed by atoms with Gasteiger partial charge < -0.3 is 28.8 Å². The van der Waals surface area contributed by atoms with E-state index < -0.39 is 12.4 Å². The van der Waals surface area contributed by atoms with Gasteiger partial charge in [0.25, 0.3) is 0 Å². The van der Waals surface area contributed by atoms with Crippen molar-refractivity contribution in [2.75, 3.05) is 33.5 Å². The molecule has 5 atom stereocenters. The van der Waals surface area contributed by atoms with Crippen LogP contribution in [0.3, 0.4) is 0 Å². The molecule has 25 heavy (non-hydrogen) atoms. The van der Waals surface area contributed by atoms with Gasteiger partial charge in [0.2, 0.25) is 0 Å². The molecular weight excluding hydrogens is 324 g/mol. The maximum absolute atomic E-state index is 10.4. The molecule has 0 aliphatic carbocycles. The summed E-state index contributed by atoms with van der Waals surface area (Å²) in [5.74, 6) is 0. The molecule has 150 valence electrons. The standard InChI is InChI=1S/C19H38O6/c1-5-8-11-22-16-15(14-21-4)25-19(20)18(24-13-10-7-3)17(16)23-12-9-6-2/h15-20H,5-14H2,1-4H3/t15?,16-,17?,18?,19-/m0/s1. The van der Waals surface area contributed by atoms with Crippen LogP contribution in [-0.2, 0) is 23.7 Å². The van der Waals surface area contributed by atoms with E-state index in [0.29, 0.717) is 26.4 Å². The molecule has 0 radical (unpaired) electrons. The van der Waals surface area contributed by atoms with E-state index in [1.165, 1.54) is 0 Å². The van der Waals surface area contributed by atoms with Crippen LogP contribution in [0.2, 0.25) is 0 Å². The average molecular weight is 363 g/mol. The summed E-state index contributed by atoms with van der Waals surface area (Å²) >= 11 is 0. The fraction of sp³-hybridized carbons (Fsp3) is 1.00. The molecule has 1 aliphatic heterocycles. The Bertz CT molecular complexity index is 314. The molecule has 6 nitrogen and oxygen atoms in total. The van der Waals surface area contributed by atoms with E-state index in [9.17, 15) is 5.11 Å². The molecule has 3 unspecified atom stereocenters. The lowest BCUT2D eigenvalue weighted by molar-refractivity contribution is -0.311. The van der Waals surface area contributed by atoms with Crippen molar-refractivity contribution in [1.82, 2.24) is 0 Å². The van der Waals surface area contributed by atoms with E-state index >= 15 is 0 Å². The van der Waals surface area contributed by atoms with Crippen LogP contribution in [0.15, 0.2) is 0 Å². The normalized spacial score (nSPS) is 29.9. The summed E-state index contributed by atoms with van der Waals surface area (Å²) in [6.07, 6.45) is 3.42. The first kappa shape index (κ1) is 22.8. The highest BCUT2D eigenvalue weighted by Gasteiger charge is 2.47. The van der Waals surface area contributed by atoms with Gasteiger partial charge in [-0.15, -0.1) is 0 Å². The van der Waals surface area contributed by atoms with Crippen molar-refractivity contribution in [1.29, 1.82) is 0 Å². The highest BCUT2D eigenvalue weighted by atomic mass is 16.7. The summed E-state index contributed by atoms with van der Waals surface area (Å²) in [5, 5.41) is 10.4. The van der Waals surface area contributed by atoms with Gasteiger partial charge in [-0.05, 0) is 19.3 Å². The van der Waals surface area contributed by atoms with Gasteiger partial charge in [-0.1, -0.05) is 40.0 Å². The number of methoxy groups -OCH3 is 1. The molecule has 1 fully saturated rings. The summed E-state index contributed by atoms with van der Waals surface area (Å²) < 4.78 is 29.1. The molecule has 0 spiro atoms. The van der Waals surface area contributed by atoms with Crippen LogP contribution in [0, 0.1) is 0 Å². The second-order valence-corrected chi connectivity index (χ2v) is 6.59. The number of rotatable bonds is 14. The minimum Gasteiger partial charge on any atom is -0.382 e. The lowest BCUT2D eigenvalue weighted by Gasteiger charge is -2.44.